The van der Waals surface area contributed by atoms with Gasteiger partial charge in [-0.2, -0.15) is 0 Å². The first-order valence-corrected chi connectivity index (χ1v) is 5.18. The van der Waals surface area contributed by atoms with Gasteiger partial charge in [-0.25, -0.2) is 4.79 Å². The molecule has 1 aromatic carbocycles. The molecule has 0 aliphatic carbocycles. The molecular formula is C13H12N2O2. The molecule has 17 heavy (non-hydrogen) atoms. The largest absolute Gasteiger partial charge is 0.478 e. The summed E-state index contributed by atoms with van der Waals surface area (Å²) in [6, 6.07) is 11.0. The van der Waals surface area contributed by atoms with Crippen molar-refractivity contribution in [3.63, 3.8) is 0 Å². The van der Waals surface area contributed by atoms with Gasteiger partial charge < -0.3 is 10.4 Å². The molecule has 2 aromatic rings. The Morgan fingerprint density at radius 2 is 1.88 bits per heavy atom. The molecule has 0 unspecified atom stereocenters. The van der Waals surface area contributed by atoms with Gasteiger partial charge in [-0.3, -0.25) is 4.98 Å². The third kappa shape index (κ3) is 2.42. The zero-order chi connectivity index (χ0) is 12.3. The third-order valence-electron chi connectivity index (χ3n) is 2.48. The van der Waals surface area contributed by atoms with E-state index in [9.17, 15) is 4.79 Å². The number of rotatable bonds is 3. The highest BCUT2D eigenvalue weighted by atomic mass is 16.4. The Kier molecular flexibility index (Phi) is 3.05. The molecule has 0 spiro atoms. The maximum Gasteiger partial charge on any atom is 0.337 e. The van der Waals surface area contributed by atoms with E-state index in [1.807, 2.05) is 31.3 Å². The van der Waals surface area contributed by atoms with E-state index in [2.05, 4.69) is 10.3 Å². The van der Waals surface area contributed by atoms with E-state index in [0.717, 1.165) is 16.9 Å². The molecule has 0 atom stereocenters. The molecule has 0 aliphatic heterocycles. The lowest BCUT2D eigenvalue weighted by Gasteiger charge is -2.03. The molecule has 0 aliphatic rings. The number of anilines is 1. The van der Waals surface area contributed by atoms with Gasteiger partial charge in [0.15, 0.2) is 0 Å². The summed E-state index contributed by atoms with van der Waals surface area (Å²) in [6.45, 7) is 0. The molecule has 2 rings (SSSR count). The van der Waals surface area contributed by atoms with Crippen LogP contribution in [0.5, 0.6) is 0 Å². The van der Waals surface area contributed by atoms with Gasteiger partial charge in [0.05, 0.1) is 11.3 Å². The average molecular weight is 228 g/mol. The van der Waals surface area contributed by atoms with Gasteiger partial charge in [-0.1, -0.05) is 12.1 Å². The topological polar surface area (TPSA) is 62.2 Å². The molecule has 4 heteroatoms. The molecular weight excluding hydrogens is 216 g/mol. The summed E-state index contributed by atoms with van der Waals surface area (Å²) in [5.41, 5.74) is 2.94. The Hall–Kier alpha value is -2.36. The number of aromatic nitrogens is 1. The Morgan fingerprint density at radius 1 is 1.18 bits per heavy atom. The minimum Gasteiger partial charge on any atom is -0.478 e. The quantitative estimate of drug-likeness (QED) is 0.847. The fourth-order valence-corrected chi connectivity index (χ4v) is 1.50. The lowest BCUT2D eigenvalue weighted by molar-refractivity contribution is 0.0696. The minimum absolute atomic E-state index is 0.195. The monoisotopic (exact) mass is 228 g/mol. The first kappa shape index (κ1) is 11.1. The van der Waals surface area contributed by atoms with Crippen LogP contribution in [-0.4, -0.2) is 23.1 Å². The number of hydrogen-bond acceptors (Lipinski definition) is 3. The average Bonchev–Trinajstić information content (AvgIpc) is 2.39. The number of nitrogens with zero attached hydrogens (tertiary/aromatic N) is 1. The Labute approximate surface area is 98.9 Å². The van der Waals surface area contributed by atoms with Gasteiger partial charge in [0, 0.05) is 24.5 Å². The smallest absolute Gasteiger partial charge is 0.337 e. The number of nitrogens with one attached hydrogen (secondary N) is 1. The van der Waals surface area contributed by atoms with Crippen LogP contribution in [0.1, 0.15) is 10.4 Å². The second-order valence-corrected chi connectivity index (χ2v) is 3.56. The molecule has 0 fully saturated rings. The van der Waals surface area contributed by atoms with Crippen LogP contribution in [0.2, 0.25) is 0 Å². The van der Waals surface area contributed by atoms with E-state index < -0.39 is 5.97 Å². The second-order valence-electron chi connectivity index (χ2n) is 3.56. The normalized spacial score (nSPS) is 9.94. The van der Waals surface area contributed by atoms with Crippen molar-refractivity contribution in [1.82, 2.24) is 4.98 Å². The predicted molar refractivity (Wildman–Crippen MR) is 66.2 cm³/mol. The highest BCUT2D eigenvalue weighted by Crippen LogP contribution is 2.19. The van der Waals surface area contributed by atoms with Crippen LogP contribution in [0.15, 0.2) is 42.6 Å². The zero-order valence-corrected chi connectivity index (χ0v) is 9.34. The van der Waals surface area contributed by atoms with Crippen molar-refractivity contribution < 1.29 is 9.90 Å². The summed E-state index contributed by atoms with van der Waals surface area (Å²) in [6.07, 6.45) is 1.36. The summed E-state index contributed by atoms with van der Waals surface area (Å²) in [5.74, 6) is -0.963. The fourth-order valence-electron chi connectivity index (χ4n) is 1.50. The third-order valence-corrected chi connectivity index (χ3v) is 2.48. The molecule has 0 saturated heterocycles. The number of aromatic carboxylic acids is 1. The number of hydrogen-bond donors (Lipinski definition) is 2. The highest BCUT2D eigenvalue weighted by Gasteiger charge is 2.04. The van der Waals surface area contributed by atoms with Crippen LogP contribution in [0.3, 0.4) is 0 Å². The Balaban J connectivity index is 2.29. The molecule has 2 N–H and O–H groups in total. The van der Waals surface area contributed by atoms with E-state index in [0.29, 0.717) is 0 Å². The molecule has 4 nitrogen and oxygen atoms in total. The van der Waals surface area contributed by atoms with E-state index in [1.54, 1.807) is 12.1 Å². The van der Waals surface area contributed by atoms with Gasteiger partial charge >= 0.3 is 5.97 Å². The van der Waals surface area contributed by atoms with Crippen LogP contribution in [0.4, 0.5) is 5.69 Å². The lowest BCUT2D eigenvalue weighted by Crippen LogP contribution is -1.97. The molecule has 1 aromatic heterocycles. The summed E-state index contributed by atoms with van der Waals surface area (Å²) in [7, 11) is 1.86. The van der Waals surface area contributed by atoms with E-state index in [4.69, 9.17) is 5.11 Å². The standard InChI is InChI=1S/C13H12N2O2/c1-14-11-5-2-9(3-6-11)12-7-4-10(8-15-12)13(16)17/h2-8,14H,1H3,(H,16,17). The molecule has 1 heterocycles. The fraction of sp³-hybridized carbons (Fsp3) is 0.0769. The van der Waals surface area contributed by atoms with E-state index in [-0.39, 0.29) is 5.56 Å². The van der Waals surface area contributed by atoms with Crippen LogP contribution in [0.25, 0.3) is 11.3 Å². The maximum absolute atomic E-state index is 10.7. The van der Waals surface area contributed by atoms with Gasteiger partial charge in [-0.15, -0.1) is 0 Å². The van der Waals surface area contributed by atoms with Gasteiger partial charge in [0.1, 0.15) is 0 Å². The first-order chi connectivity index (χ1) is 8.20. The van der Waals surface area contributed by atoms with Crippen molar-refractivity contribution in [2.75, 3.05) is 12.4 Å². The summed E-state index contributed by atoms with van der Waals surface area (Å²) in [4.78, 5) is 14.8. The van der Waals surface area contributed by atoms with Crippen LogP contribution in [-0.2, 0) is 0 Å². The number of carboxylic acids is 1. The van der Waals surface area contributed by atoms with Crippen molar-refractivity contribution in [3.8, 4) is 11.3 Å². The van der Waals surface area contributed by atoms with Crippen molar-refractivity contribution in [3.05, 3.63) is 48.2 Å². The molecule has 86 valence electrons. The Bertz CT molecular complexity index is 518. The van der Waals surface area contributed by atoms with Gasteiger partial charge in [-0.05, 0) is 24.3 Å². The number of carbonyl (C=O) groups is 1. The summed E-state index contributed by atoms with van der Waals surface area (Å²) >= 11 is 0. The molecule has 0 saturated carbocycles. The molecule has 0 radical (unpaired) electrons. The van der Waals surface area contributed by atoms with Gasteiger partial charge in [0.25, 0.3) is 0 Å². The first-order valence-electron chi connectivity index (χ1n) is 5.18. The van der Waals surface area contributed by atoms with Crippen molar-refractivity contribution in [1.29, 1.82) is 0 Å². The van der Waals surface area contributed by atoms with Crippen molar-refractivity contribution in [2.24, 2.45) is 0 Å². The summed E-state index contributed by atoms with van der Waals surface area (Å²) < 4.78 is 0. The maximum atomic E-state index is 10.7. The van der Waals surface area contributed by atoms with Crippen LogP contribution in [0, 0.1) is 0 Å². The zero-order valence-electron chi connectivity index (χ0n) is 9.34. The molecule has 0 bridgehead atoms. The lowest BCUT2D eigenvalue weighted by atomic mass is 10.1. The van der Waals surface area contributed by atoms with Crippen molar-refractivity contribution in [2.45, 2.75) is 0 Å². The van der Waals surface area contributed by atoms with E-state index >= 15 is 0 Å². The summed E-state index contributed by atoms with van der Waals surface area (Å²) in [5, 5.41) is 11.8. The second kappa shape index (κ2) is 4.65. The Morgan fingerprint density at radius 3 is 2.35 bits per heavy atom. The van der Waals surface area contributed by atoms with Crippen LogP contribution < -0.4 is 5.32 Å². The molecule has 0 amide bonds. The van der Waals surface area contributed by atoms with Gasteiger partial charge in [0.2, 0.25) is 0 Å². The highest BCUT2D eigenvalue weighted by molar-refractivity contribution is 5.87. The van der Waals surface area contributed by atoms with E-state index in [1.165, 1.54) is 6.20 Å². The number of pyridine rings is 1. The minimum atomic E-state index is -0.963. The predicted octanol–water partition coefficient (Wildman–Crippen LogP) is 2.49. The number of benzene rings is 1. The SMILES string of the molecule is CNc1ccc(-c2ccc(C(=O)O)cn2)cc1. The number of carboxylic acid groups (broad SMARTS) is 1. The van der Waals surface area contributed by atoms with Crippen molar-refractivity contribution >= 4 is 11.7 Å². The van der Waals surface area contributed by atoms with Crippen LogP contribution >= 0.6 is 0 Å².